The van der Waals surface area contributed by atoms with Crippen molar-refractivity contribution in [3.63, 3.8) is 0 Å². The summed E-state index contributed by atoms with van der Waals surface area (Å²) in [7, 11) is 1.33. The normalized spacial score (nSPS) is 10.2. The van der Waals surface area contributed by atoms with Crippen LogP contribution >= 0.6 is 0 Å². The van der Waals surface area contributed by atoms with Crippen molar-refractivity contribution in [1.29, 1.82) is 0 Å². The molecule has 5 nitrogen and oxygen atoms in total. The molecule has 0 fully saturated rings. The van der Waals surface area contributed by atoms with Gasteiger partial charge in [-0.15, -0.1) is 0 Å². The number of ether oxygens (including phenoxy) is 1. The van der Waals surface area contributed by atoms with Gasteiger partial charge in [0.25, 0.3) is 5.69 Å². The van der Waals surface area contributed by atoms with E-state index < -0.39 is 16.5 Å². The first-order valence-corrected chi connectivity index (χ1v) is 6.12. The Morgan fingerprint density at radius 1 is 1.29 bits per heavy atom. The number of carbonyl (C=O) groups excluding carboxylic acids is 1. The quantitative estimate of drug-likeness (QED) is 0.481. The third-order valence-electron chi connectivity index (χ3n) is 3.01. The minimum absolute atomic E-state index is 0.0391. The highest BCUT2D eigenvalue weighted by molar-refractivity contribution is 5.98. The van der Waals surface area contributed by atoms with E-state index in [1.165, 1.54) is 37.4 Å². The lowest BCUT2D eigenvalue weighted by Gasteiger charge is -2.05. The lowest BCUT2D eigenvalue weighted by atomic mass is 10.0. The maximum Gasteiger partial charge on any atom is 0.273 e. The average molecular weight is 289 g/mol. The Morgan fingerprint density at radius 2 is 2.00 bits per heavy atom. The van der Waals surface area contributed by atoms with Crippen molar-refractivity contribution < 1.29 is 18.8 Å². The molecule has 0 aliphatic carbocycles. The molecule has 108 valence electrons. The molecule has 6 heteroatoms. The molecule has 0 saturated heterocycles. The van der Waals surface area contributed by atoms with Gasteiger partial charge < -0.3 is 4.74 Å². The van der Waals surface area contributed by atoms with Crippen LogP contribution in [0.3, 0.4) is 0 Å². The van der Waals surface area contributed by atoms with E-state index in [-0.39, 0.29) is 23.4 Å². The number of Topliss-reactive ketones (excluding diaryl/α,β-unsaturated/α-hetero) is 1. The van der Waals surface area contributed by atoms with Crippen LogP contribution in [0, 0.1) is 15.9 Å². The number of carbonyl (C=O) groups is 1. The number of nitro groups is 1. The molecule has 0 saturated carbocycles. The van der Waals surface area contributed by atoms with Crippen LogP contribution in [0.2, 0.25) is 0 Å². The maximum atomic E-state index is 13.6. The summed E-state index contributed by atoms with van der Waals surface area (Å²) in [6.07, 6.45) is -0.164. The van der Waals surface area contributed by atoms with Gasteiger partial charge in [0.1, 0.15) is 0 Å². The molecule has 2 rings (SSSR count). The topological polar surface area (TPSA) is 69.4 Å². The summed E-state index contributed by atoms with van der Waals surface area (Å²) in [5, 5.41) is 10.9. The third kappa shape index (κ3) is 3.22. The number of methoxy groups -OCH3 is 1. The Bertz CT molecular complexity index is 700. The second-order valence-corrected chi connectivity index (χ2v) is 4.34. The molecule has 0 aliphatic heterocycles. The number of nitrogens with zero attached hydrogens (tertiary/aromatic N) is 1. The van der Waals surface area contributed by atoms with Gasteiger partial charge in [0.05, 0.1) is 12.0 Å². The standard InChI is InChI=1S/C15H12FNO4/c1-21-15-7-6-11(8-12(15)16)14(18)9-10-4-2-3-5-13(10)17(19)20/h2-8H,9H2,1H3. The van der Waals surface area contributed by atoms with E-state index in [2.05, 4.69) is 0 Å². The van der Waals surface area contributed by atoms with Crippen LogP contribution in [-0.4, -0.2) is 17.8 Å². The molecule has 0 aromatic heterocycles. The van der Waals surface area contributed by atoms with Crippen molar-refractivity contribution >= 4 is 11.5 Å². The minimum atomic E-state index is -0.647. The van der Waals surface area contributed by atoms with Gasteiger partial charge in [0.2, 0.25) is 0 Å². The largest absolute Gasteiger partial charge is 0.494 e. The van der Waals surface area contributed by atoms with Crippen LogP contribution in [0.15, 0.2) is 42.5 Å². The van der Waals surface area contributed by atoms with E-state index in [1.54, 1.807) is 6.07 Å². The van der Waals surface area contributed by atoms with Gasteiger partial charge >= 0.3 is 0 Å². The highest BCUT2D eigenvalue weighted by Gasteiger charge is 2.17. The molecule has 0 atom stereocenters. The molecule has 21 heavy (non-hydrogen) atoms. The predicted octanol–water partition coefficient (Wildman–Crippen LogP) is 3.17. The number of hydrogen-bond donors (Lipinski definition) is 0. The molecule has 0 radical (unpaired) electrons. The summed E-state index contributed by atoms with van der Waals surface area (Å²) in [4.78, 5) is 22.5. The second-order valence-electron chi connectivity index (χ2n) is 4.34. The highest BCUT2D eigenvalue weighted by Crippen LogP contribution is 2.22. The van der Waals surface area contributed by atoms with Gasteiger partial charge in [0.15, 0.2) is 17.3 Å². The summed E-state index contributed by atoms with van der Waals surface area (Å²) in [6.45, 7) is 0. The smallest absolute Gasteiger partial charge is 0.273 e. The summed E-state index contributed by atoms with van der Waals surface area (Å²) in [5.74, 6) is -1.01. The van der Waals surface area contributed by atoms with Crippen LogP contribution in [-0.2, 0) is 6.42 Å². The maximum absolute atomic E-state index is 13.6. The minimum Gasteiger partial charge on any atom is -0.494 e. The van der Waals surface area contributed by atoms with Gasteiger partial charge in [-0.25, -0.2) is 4.39 Å². The third-order valence-corrected chi connectivity index (χ3v) is 3.01. The van der Waals surface area contributed by atoms with Crippen molar-refractivity contribution in [2.24, 2.45) is 0 Å². The highest BCUT2D eigenvalue weighted by atomic mass is 19.1. The zero-order valence-electron chi connectivity index (χ0n) is 11.2. The molecule has 0 bridgehead atoms. The fraction of sp³-hybridized carbons (Fsp3) is 0.133. The van der Waals surface area contributed by atoms with Gasteiger partial charge in [-0.05, 0) is 18.2 Å². The summed E-state index contributed by atoms with van der Waals surface area (Å²) in [6, 6.07) is 9.83. The first-order valence-electron chi connectivity index (χ1n) is 6.12. The number of nitro benzene ring substituents is 1. The summed E-state index contributed by atoms with van der Waals surface area (Å²) >= 11 is 0. The van der Waals surface area contributed by atoms with Crippen LogP contribution in [0.4, 0.5) is 10.1 Å². The summed E-state index contributed by atoms with van der Waals surface area (Å²) in [5.41, 5.74) is 0.315. The first-order chi connectivity index (χ1) is 10.0. The molecule has 2 aromatic rings. The number of hydrogen-bond acceptors (Lipinski definition) is 4. The van der Waals surface area contributed by atoms with Crippen LogP contribution < -0.4 is 4.74 Å². The van der Waals surface area contributed by atoms with Gasteiger partial charge in [-0.2, -0.15) is 0 Å². The Balaban J connectivity index is 2.26. The molecule has 0 N–H and O–H groups in total. The molecule has 0 unspecified atom stereocenters. The van der Waals surface area contributed by atoms with E-state index in [0.29, 0.717) is 5.56 Å². The van der Waals surface area contributed by atoms with E-state index >= 15 is 0 Å². The van der Waals surface area contributed by atoms with Crippen molar-refractivity contribution in [3.05, 3.63) is 69.5 Å². The van der Waals surface area contributed by atoms with Crippen LogP contribution in [0.5, 0.6) is 5.75 Å². The van der Waals surface area contributed by atoms with E-state index in [0.717, 1.165) is 6.07 Å². The Labute approximate surface area is 120 Å². The molecule has 2 aromatic carbocycles. The molecule has 0 aliphatic rings. The SMILES string of the molecule is COc1ccc(C(=O)Cc2ccccc2[N+](=O)[O-])cc1F. The molecule has 0 spiro atoms. The Morgan fingerprint density at radius 3 is 2.62 bits per heavy atom. The van der Waals surface area contributed by atoms with E-state index in [1.807, 2.05) is 0 Å². The lowest BCUT2D eigenvalue weighted by Crippen LogP contribution is -2.06. The van der Waals surface area contributed by atoms with E-state index in [4.69, 9.17) is 4.74 Å². The predicted molar refractivity (Wildman–Crippen MR) is 74.1 cm³/mol. The number of benzene rings is 2. The van der Waals surface area contributed by atoms with E-state index in [9.17, 15) is 19.3 Å². The molecule has 0 heterocycles. The average Bonchev–Trinajstić information content (AvgIpc) is 2.47. The van der Waals surface area contributed by atoms with Crippen molar-refractivity contribution in [1.82, 2.24) is 0 Å². The number of halogens is 1. The Hall–Kier alpha value is -2.76. The zero-order chi connectivity index (χ0) is 15.4. The van der Waals surface area contributed by atoms with Gasteiger partial charge in [-0.1, -0.05) is 18.2 Å². The zero-order valence-corrected chi connectivity index (χ0v) is 11.2. The monoisotopic (exact) mass is 289 g/mol. The van der Waals surface area contributed by atoms with Crippen LogP contribution in [0.1, 0.15) is 15.9 Å². The first kappa shape index (κ1) is 14.6. The van der Waals surface area contributed by atoms with Crippen molar-refractivity contribution in [2.45, 2.75) is 6.42 Å². The van der Waals surface area contributed by atoms with Crippen LogP contribution in [0.25, 0.3) is 0 Å². The second kappa shape index (κ2) is 6.13. The number of ketones is 1. The molecule has 0 amide bonds. The number of rotatable bonds is 5. The lowest BCUT2D eigenvalue weighted by molar-refractivity contribution is -0.385. The Kier molecular flexibility index (Phi) is 4.27. The fourth-order valence-corrected chi connectivity index (χ4v) is 1.95. The summed E-state index contributed by atoms with van der Waals surface area (Å²) < 4.78 is 18.3. The fourth-order valence-electron chi connectivity index (χ4n) is 1.95. The van der Waals surface area contributed by atoms with Gasteiger partial charge in [0, 0.05) is 23.6 Å². The molecular formula is C15H12FNO4. The number of para-hydroxylation sites is 1. The van der Waals surface area contributed by atoms with Crippen molar-refractivity contribution in [2.75, 3.05) is 7.11 Å². The van der Waals surface area contributed by atoms with Crippen molar-refractivity contribution in [3.8, 4) is 5.75 Å². The molecular weight excluding hydrogens is 277 g/mol. The van der Waals surface area contributed by atoms with Gasteiger partial charge in [-0.3, -0.25) is 14.9 Å².